The van der Waals surface area contributed by atoms with Crippen molar-refractivity contribution >= 4 is 25.9 Å². The fraction of sp³-hybridized carbons (Fsp3) is 0.429. The minimum Gasteiger partial charge on any atom is -0.461 e. The van der Waals surface area contributed by atoms with E-state index in [0.29, 0.717) is 24.4 Å². The van der Waals surface area contributed by atoms with Gasteiger partial charge in [-0.1, -0.05) is 48.5 Å². The predicted molar refractivity (Wildman–Crippen MR) is 146 cm³/mol. The van der Waals surface area contributed by atoms with Crippen molar-refractivity contribution in [1.29, 1.82) is 0 Å². The van der Waals surface area contributed by atoms with Gasteiger partial charge in [-0.15, -0.1) is 0 Å². The summed E-state index contributed by atoms with van der Waals surface area (Å²) in [6.45, 7) is 0.130. The van der Waals surface area contributed by atoms with Crippen LogP contribution in [0.4, 0.5) is 5.69 Å². The van der Waals surface area contributed by atoms with E-state index in [1.54, 1.807) is 7.11 Å². The molecule has 0 bridgehead atoms. The van der Waals surface area contributed by atoms with Gasteiger partial charge in [0.05, 0.1) is 37.8 Å². The molecule has 0 radical (unpaired) electrons. The summed E-state index contributed by atoms with van der Waals surface area (Å²) >= 11 is 0. The maximum absolute atomic E-state index is 12.3. The molecule has 2 heterocycles. The summed E-state index contributed by atoms with van der Waals surface area (Å²) in [5.74, 6) is 1.06. The molecule has 0 amide bonds. The van der Waals surface area contributed by atoms with Crippen LogP contribution in [0.2, 0.25) is 0 Å². The van der Waals surface area contributed by atoms with Gasteiger partial charge in [-0.3, -0.25) is 8.37 Å². The van der Waals surface area contributed by atoms with Gasteiger partial charge in [0.2, 0.25) is 0 Å². The van der Waals surface area contributed by atoms with Crippen molar-refractivity contribution in [1.82, 2.24) is 0 Å². The summed E-state index contributed by atoms with van der Waals surface area (Å²) in [5.41, 5.74) is 2.18. The highest BCUT2D eigenvalue weighted by Crippen LogP contribution is 2.68. The van der Waals surface area contributed by atoms with E-state index in [1.807, 2.05) is 54.6 Å². The lowest BCUT2D eigenvalue weighted by Crippen LogP contribution is -2.36. The SMILES string of the molecule is COCc1cc2c(o1)[C@@H]1N(c3ccccc3)[C@@H](c3ccccc3)C[C@]1(COS(C)(=O)=O)[C@H]2CCOS(C)(=O)=O. The van der Waals surface area contributed by atoms with E-state index >= 15 is 0 Å². The number of benzene rings is 2. The number of ether oxygens (including phenoxy) is 1. The summed E-state index contributed by atoms with van der Waals surface area (Å²) in [4.78, 5) is 2.29. The average molecular weight is 576 g/mol. The van der Waals surface area contributed by atoms with Crippen LogP contribution in [0, 0.1) is 5.41 Å². The van der Waals surface area contributed by atoms with Crippen LogP contribution in [-0.4, -0.2) is 49.7 Å². The lowest BCUT2D eigenvalue weighted by Gasteiger charge is -2.37. The highest BCUT2D eigenvalue weighted by atomic mass is 32.2. The first-order valence-electron chi connectivity index (χ1n) is 12.7. The molecule has 5 rings (SSSR count). The molecule has 11 heteroatoms. The first-order valence-corrected chi connectivity index (χ1v) is 16.3. The molecule has 1 saturated heterocycles. The summed E-state index contributed by atoms with van der Waals surface area (Å²) in [6.07, 6.45) is 2.95. The fourth-order valence-electron chi connectivity index (χ4n) is 6.33. The molecule has 0 spiro atoms. The molecule has 39 heavy (non-hydrogen) atoms. The van der Waals surface area contributed by atoms with Gasteiger partial charge < -0.3 is 14.1 Å². The Morgan fingerprint density at radius 2 is 1.59 bits per heavy atom. The summed E-state index contributed by atoms with van der Waals surface area (Å²) < 4.78 is 70.7. The molecule has 210 valence electrons. The monoisotopic (exact) mass is 575 g/mol. The Bertz CT molecular complexity index is 1510. The van der Waals surface area contributed by atoms with E-state index in [4.69, 9.17) is 17.5 Å². The van der Waals surface area contributed by atoms with Crippen LogP contribution in [0.25, 0.3) is 0 Å². The second-order valence-electron chi connectivity index (χ2n) is 10.3. The molecule has 4 atom stereocenters. The molecule has 3 aromatic rings. The number of fused-ring (bicyclic) bond motifs is 3. The molecule has 2 aromatic carbocycles. The Hall–Kier alpha value is -2.70. The minimum absolute atomic E-state index is 0.0532. The van der Waals surface area contributed by atoms with Crippen molar-refractivity contribution in [2.45, 2.75) is 37.5 Å². The number of para-hydroxylation sites is 1. The van der Waals surface area contributed by atoms with Crippen LogP contribution in [-0.2, 0) is 39.9 Å². The van der Waals surface area contributed by atoms with Crippen LogP contribution in [0.3, 0.4) is 0 Å². The number of methoxy groups -OCH3 is 1. The van der Waals surface area contributed by atoms with Crippen LogP contribution in [0.15, 0.2) is 71.1 Å². The van der Waals surface area contributed by atoms with Crippen molar-refractivity contribution in [3.63, 3.8) is 0 Å². The molecular formula is C28H33NO8S2. The van der Waals surface area contributed by atoms with E-state index in [2.05, 4.69) is 17.0 Å². The molecule has 1 aromatic heterocycles. The van der Waals surface area contributed by atoms with Crippen molar-refractivity contribution in [2.75, 3.05) is 37.7 Å². The molecular weight excluding hydrogens is 542 g/mol. The first-order chi connectivity index (χ1) is 18.5. The molecule has 0 saturated carbocycles. The zero-order valence-corrected chi connectivity index (χ0v) is 23.8. The molecule has 9 nitrogen and oxygen atoms in total. The third-order valence-electron chi connectivity index (χ3n) is 7.66. The van der Waals surface area contributed by atoms with Crippen LogP contribution in [0.1, 0.15) is 53.5 Å². The molecule has 0 unspecified atom stereocenters. The van der Waals surface area contributed by atoms with Crippen molar-refractivity contribution in [3.8, 4) is 0 Å². The highest BCUT2D eigenvalue weighted by molar-refractivity contribution is 7.86. The summed E-state index contributed by atoms with van der Waals surface area (Å²) in [7, 11) is -5.84. The van der Waals surface area contributed by atoms with Gasteiger partial charge >= 0.3 is 0 Å². The van der Waals surface area contributed by atoms with Gasteiger partial charge in [0.1, 0.15) is 18.1 Å². The van der Waals surface area contributed by atoms with Gasteiger partial charge in [0.25, 0.3) is 20.2 Å². The van der Waals surface area contributed by atoms with Gasteiger partial charge in [-0.05, 0) is 36.6 Å². The predicted octanol–water partition coefficient (Wildman–Crippen LogP) is 4.54. The fourth-order valence-corrected chi connectivity index (χ4v) is 7.16. The first kappa shape index (κ1) is 27.9. The van der Waals surface area contributed by atoms with E-state index in [0.717, 1.165) is 29.3 Å². The van der Waals surface area contributed by atoms with Crippen LogP contribution < -0.4 is 4.90 Å². The number of nitrogens with zero attached hydrogens (tertiary/aromatic N) is 1. The molecule has 1 fully saturated rings. The second kappa shape index (κ2) is 10.7. The number of furan rings is 1. The zero-order valence-electron chi connectivity index (χ0n) is 22.1. The maximum Gasteiger partial charge on any atom is 0.264 e. The Balaban J connectivity index is 1.69. The van der Waals surface area contributed by atoms with Crippen molar-refractivity contribution in [2.24, 2.45) is 5.41 Å². The van der Waals surface area contributed by atoms with E-state index in [1.165, 1.54) is 0 Å². The topological polar surface area (TPSA) is 112 Å². The second-order valence-corrected chi connectivity index (χ2v) is 13.6. The third kappa shape index (κ3) is 5.64. The third-order valence-corrected chi connectivity index (χ3v) is 8.80. The van der Waals surface area contributed by atoms with E-state index in [9.17, 15) is 16.8 Å². The normalized spacial score (nSPS) is 24.6. The van der Waals surface area contributed by atoms with Gasteiger partial charge in [0.15, 0.2) is 0 Å². The molecule has 2 aliphatic rings. The summed E-state index contributed by atoms with van der Waals surface area (Å²) in [6, 6.07) is 21.4. The number of rotatable bonds is 11. The Morgan fingerprint density at radius 1 is 0.949 bits per heavy atom. The number of hydrogen-bond acceptors (Lipinski definition) is 9. The Labute approximate surface area is 229 Å². The van der Waals surface area contributed by atoms with Crippen molar-refractivity contribution in [3.05, 3.63) is 89.4 Å². The Morgan fingerprint density at radius 3 is 2.21 bits per heavy atom. The standard InChI is InChI=1S/C28H33NO8S2/c1-34-18-22-16-23-24(14-15-35-38(2,30)31)28(19-36-39(3,32)33)17-25(20-10-6-4-7-11-20)29(27(28)26(23)37-22)21-12-8-5-9-13-21/h4-13,16,24-25,27H,14-15,17-19H2,1-3H3/t24-,25+,27-,28-/m0/s1. The smallest absolute Gasteiger partial charge is 0.264 e. The maximum atomic E-state index is 12.3. The van der Waals surface area contributed by atoms with Gasteiger partial charge in [0, 0.05) is 29.7 Å². The van der Waals surface area contributed by atoms with E-state index < -0.39 is 25.7 Å². The lowest BCUT2D eigenvalue weighted by atomic mass is 9.71. The average Bonchev–Trinajstić information content (AvgIpc) is 3.51. The van der Waals surface area contributed by atoms with Gasteiger partial charge in [-0.2, -0.15) is 16.8 Å². The van der Waals surface area contributed by atoms with Crippen molar-refractivity contribution < 1.29 is 34.4 Å². The number of hydrogen-bond donors (Lipinski definition) is 0. The Kier molecular flexibility index (Phi) is 7.64. The molecule has 0 N–H and O–H groups in total. The van der Waals surface area contributed by atoms with Gasteiger partial charge in [-0.25, -0.2) is 0 Å². The molecule has 1 aliphatic heterocycles. The van der Waals surface area contributed by atoms with Crippen LogP contribution in [0.5, 0.6) is 0 Å². The van der Waals surface area contributed by atoms with Crippen LogP contribution >= 0.6 is 0 Å². The van der Waals surface area contributed by atoms with E-state index in [-0.39, 0.29) is 37.8 Å². The highest BCUT2D eigenvalue weighted by Gasteiger charge is 2.64. The molecule has 1 aliphatic carbocycles. The minimum atomic E-state index is -3.77. The quantitative estimate of drug-likeness (QED) is 0.304. The zero-order chi connectivity index (χ0) is 27.8. The largest absolute Gasteiger partial charge is 0.461 e. The lowest BCUT2D eigenvalue weighted by molar-refractivity contribution is 0.0987. The summed E-state index contributed by atoms with van der Waals surface area (Å²) in [5, 5.41) is 0. The number of anilines is 1.